The highest BCUT2D eigenvalue weighted by Gasteiger charge is 2.21. The van der Waals surface area contributed by atoms with E-state index in [4.69, 9.17) is 5.11 Å². The van der Waals surface area contributed by atoms with E-state index >= 15 is 0 Å². The molecule has 5 nitrogen and oxygen atoms in total. The molecule has 0 saturated carbocycles. The molecule has 2 rings (SSSR count). The van der Waals surface area contributed by atoms with Crippen LogP contribution in [0.1, 0.15) is 16.9 Å². The normalized spacial score (nSPS) is 11.9. The fourth-order valence-electron chi connectivity index (χ4n) is 1.85. The third-order valence-corrected chi connectivity index (χ3v) is 3.18. The highest BCUT2D eigenvalue weighted by atomic mass is 79.9. The molecule has 0 bridgehead atoms. The molecule has 2 aromatic rings. The summed E-state index contributed by atoms with van der Waals surface area (Å²) in [6.07, 6.45) is 0.106. The number of rotatable bonds is 5. The smallest absolute Gasteiger partial charge is 0.326 e. The van der Waals surface area contributed by atoms with Crippen molar-refractivity contribution in [3.8, 4) is 0 Å². The predicted octanol–water partition coefficient (Wildman–Crippen LogP) is 2.72. The zero-order valence-electron chi connectivity index (χ0n) is 11.0. The van der Waals surface area contributed by atoms with Gasteiger partial charge < -0.3 is 10.4 Å². The van der Waals surface area contributed by atoms with Gasteiger partial charge in [0.05, 0.1) is 5.52 Å². The van der Waals surface area contributed by atoms with Crippen molar-refractivity contribution < 1.29 is 14.7 Å². The predicted molar refractivity (Wildman–Crippen MR) is 83.3 cm³/mol. The first-order valence-corrected chi connectivity index (χ1v) is 6.99. The lowest BCUT2D eigenvalue weighted by molar-refractivity contribution is -0.139. The van der Waals surface area contributed by atoms with Gasteiger partial charge >= 0.3 is 5.97 Å². The molecule has 0 aliphatic rings. The van der Waals surface area contributed by atoms with Crippen molar-refractivity contribution in [1.29, 1.82) is 0 Å². The summed E-state index contributed by atoms with van der Waals surface area (Å²) in [4.78, 5) is 27.4. The summed E-state index contributed by atoms with van der Waals surface area (Å²) in [5.41, 5.74) is 0.863. The van der Waals surface area contributed by atoms with Gasteiger partial charge in [-0.1, -0.05) is 46.8 Å². The molecule has 0 radical (unpaired) electrons. The van der Waals surface area contributed by atoms with E-state index in [0.717, 1.165) is 5.39 Å². The molecule has 6 heteroatoms. The van der Waals surface area contributed by atoms with E-state index in [1.54, 1.807) is 18.2 Å². The first-order chi connectivity index (χ1) is 9.97. The van der Waals surface area contributed by atoms with Crippen LogP contribution in [0.15, 0.2) is 47.5 Å². The van der Waals surface area contributed by atoms with Gasteiger partial charge in [-0.15, -0.1) is 0 Å². The SMILES string of the molecule is C=C(Br)C[C@@H](NC(=O)c1ccc2ccccc2n1)C(=O)O. The van der Waals surface area contributed by atoms with Crippen LogP contribution < -0.4 is 5.32 Å². The molecular weight excluding hydrogens is 336 g/mol. The van der Waals surface area contributed by atoms with E-state index in [9.17, 15) is 9.59 Å². The highest BCUT2D eigenvalue weighted by molar-refractivity contribution is 9.11. The monoisotopic (exact) mass is 348 g/mol. The lowest BCUT2D eigenvalue weighted by Crippen LogP contribution is -2.41. The minimum atomic E-state index is -1.12. The number of pyridine rings is 1. The van der Waals surface area contributed by atoms with Gasteiger partial charge in [0.25, 0.3) is 5.91 Å². The van der Waals surface area contributed by atoms with Gasteiger partial charge in [0.2, 0.25) is 0 Å². The quantitative estimate of drug-likeness (QED) is 0.870. The topological polar surface area (TPSA) is 79.3 Å². The zero-order chi connectivity index (χ0) is 15.4. The summed E-state index contributed by atoms with van der Waals surface area (Å²) < 4.78 is 0.502. The number of aromatic nitrogens is 1. The number of halogens is 1. The van der Waals surface area contributed by atoms with E-state index in [1.807, 2.05) is 18.2 Å². The summed E-state index contributed by atoms with van der Waals surface area (Å²) in [6.45, 7) is 3.58. The number of hydrogen-bond acceptors (Lipinski definition) is 3. The molecule has 1 atom stereocenters. The van der Waals surface area contributed by atoms with Crippen molar-refractivity contribution in [2.75, 3.05) is 0 Å². The lowest BCUT2D eigenvalue weighted by Gasteiger charge is -2.13. The number of nitrogens with one attached hydrogen (secondary N) is 1. The lowest BCUT2D eigenvalue weighted by atomic mass is 10.1. The van der Waals surface area contributed by atoms with E-state index in [0.29, 0.717) is 10.00 Å². The molecule has 0 fully saturated rings. The summed E-state index contributed by atoms with van der Waals surface area (Å²) >= 11 is 3.10. The Labute approximate surface area is 129 Å². The second-order valence-electron chi connectivity index (χ2n) is 4.47. The number of carboxylic acids is 1. The Hall–Kier alpha value is -2.21. The van der Waals surface area contributed by atoms with Crippen LogP contribution in [0, 0.1) is 0 Å². The van der Waals surface area contributed by atoms with Gasteiger partial charge in [-0.3, -0.25) is 4.79 Å². The number of amides is 1. The first kappa shape index (κ1) is 15.2. The minimum Gasteiger partial charge on any atom is -0.480 e. The molecule has 0 saturated heterocycles. The van der Waals surface area contributed by atoms with Crippen LogP contribution >= 0.6 is 15.9 Å². The standard InChI is InChI=1S/C15H13BrN2O3/c1-9(16)8-13(15(20)21)18-14(19)12-7-6-10-4-2-3-5-11(10)17-12/h2-7,13H,1,8H2,(H,18,19)(H,20,21)/t13-/m1/s1. The van der Waals surface area contributed by atoms with E-state index in [-0.39, 0.29) is 12.1 Å². The summed E-state index contributed by atoms with van der Waals surface area (Å²) in [5, 5.41) is 12.4. The Bertz CT molecular complexity index is 715. The van der Waals surface area contributed by atoms with Gasteiger partial charge in [-0.05, 0) is 16.6 Å². The maximum atomic E-state index is 12.1. The van der Waals surface area contributed by atoms with Crippen molar-refractivity contribution in [3.63, 3.8) is 0 Å². The van der Waals surface area contributed by atoms with Gasteiger partial charge in [-0.2, -0.15) is 0 Å². The highest BCUT2D eigenvalue weighted by Crippen LogP contribution is 2.13. The van der Waals surface area contributed by atoms with Crippen LogP contribution in [0.2, 0.25) is 0 Å². The van der Waals surface area contributed by atoms with E-state index in [2.05, 4.69) is 32.8 Å². The molecule has 1 aromatic heterocycles. The Morgan fingerprint density at radius 1 is 1.29 bits per heavy atom. The summed E-state index contributed by atoms with van der Waals surface area (Å²) in [5.74, 6) is -1.65. The molecule has 0 unspecified atom stereocenters. The number of para-hydroxylation sites is 1. The van der Waals surface area contributed by atoms with Crippen LogP contribution in [-0.4, -0.2) is 28.0 Å². The van der Waals surface area contributed by atoms with Gasteiger partial charge in [0.1, 0.15) is 11.7 Å². The number of benzene rings is 1. The summed E-state index contributed by atoms with van der Waals surface area (Å²) in [7, 11) is 0. The zero-order valence-corrected chi connectivity index (χ0v) is 12.6. The Morgan fingerprint density at radius 2 is 2.00 bits per heavy atom. The second-order valence-corrected chi connectivity index (χ2v) is 5.60. The molecule has 21 heavy (non-hydrogen) atoms. The number of carbonyl (C=O) groups excluding carboxylic acids is 1. The van der Waals surface area contributed by atoms with Crippen LogP contribution in [0.5, 0.6) is 0 Å². The van der Waals surface area contributed by atoms with Gasteiger partial charge in [-0.25, -0.2) is 9.78 Å². The molecule has 1 amide bonds. The van der Waals surface area contributed by atoms with Crippen molar-refractivity contribution in [2.45, 2.75) is 12.5 Å². The number of nitrogens with zero attached hydrogens (tertiary/aromatic N) is 1. The number of hydrogen-bond donors (Lipinski definition) is 2. The fraction of sp³-hybridized carbons (Fsp3) is 0.133. The maximum Gasteiger partial charge on any atom is 0.326 e. The third kappa shape index (κ3) is 3.88. The Morgan fingerprint density at radius 3 is 2.67 bits per heavy atom. The summed E-state index contributed by atoms with van der Waals surface area (Å²) in [6, 6.07) is 9.69. The minimum absolute atomic E-state index is 0.106. The van der Waals surface area contributed by atoms with Crippen molar-refractivity contribution in [3.05, 3.63) is 53.2 Å². The number of fused-ring (bicyclic) bond motifs is 1. The van der Waals surface area contributed by atoms with Crippen LogP contribution in [0.25, 0.3) is 10.9 Å². The number of aliphatic carboxylic acids is 1. The van der Waals surface area contributed by atoms with Crippen LogP contribution in [0.3, 0.4) is 0 Å². The average Bonchev–Trinajstić information content (AvgIpc) is 2.45. The molecule has 1 aromatic carbocycles. The van der Waals surface area contributed by atoms with Crippen LogP contribution in [-0.2, 0) is 4.79 Å². The number of carboxylic acid groups (broad SMARTS) is 1. The molecule has 0 aliphatic heterocycles. The number of carbonyl (C=O) groups is 2. The van der Waals surface area contributed by atoms with E-state index in [1.165, 1.54) is 0 Å². The molecule has 2 N–H and O–H groups in total. The molecular formula is C15H13BrN2O3. The molecule has 0 spiro atoms. The van der Waals surface area contributed by atoms with E-state index < -0.39 is 17.9 Å². The molecule has 0 aliphatic carbocycles. The molecule has 108 valence electrons. The average molecular weight is 349 g/mol. The second kappa shape index (κ2) is 6.49. The first-order valence-electron chi connectivity index (χ1n) is 6.20. The van der Waals surface area contributed by atoms with Crippen molar-refractivity contribution in [2.24, 2.45) is 0 Å². The van der Waals surface area contributed by atoms with Crippen molar-refractivity contribution >= 4 is 38.7 Å². The largest absolute Gasteiger partial charge is 0.480 e. The van der Waals surface area contributed by atoms with Crippen molar-refractivity contribution in [1.82, 2.24) is 10.3 Å². The maximum absolute atomic E-state index is 12.1. The fourth-order valence-corrected chi connectivity index (χ4v) is 2.17. The third-order valence-electron chi connectivity index (χ3n) is 2.86. The van der Waals surface area contributed by atoms with Crippen LogP contribution in [0.4, 0.5) is 0 Å². The Balaban J connectivity index is 2.20. The molecule has 1 heterocycles. The van der Waals surface area contributed by atoms with Gasteiger partial charge in [0.15, 0.2) is 0 Å². The Kier molecular flexibility index (Phi) is 4.70. The van der Waals surface area contributed by atoms with Gasteiger partial charge in [0, 0.05) is 11.8 Å².